The quantitative estimate of drug-likeness (QED) is 0.712. The number of halogens is 1. The van der Waals surface area contributed by atoms with Crippen molar-refractivity contribution in [3.63, 3.8) is 0 Å². The molecule has 3 rings (SSSR count). The Balaban J connectivity index is 2.07. The van der Waals surface area contributed by atoms with Gasteiger partial charge in [0.1, 0.15) is 5.82 Å². The molecular weight excluding hydrogens is 315 g/mol. The number of benzene rings is 2. The SMILES string of the molecule is COc1ccc(-c2nnc(-c3cccc(F)c3)o2)c(OC)c1OC. The fraction of sp³-hybridized carbons (Fsp3) is 0.176. The van der Waals surface area contributed by atoms with Crippen molar-refractivity contribution in [3.05, 3.63) is 42.2 Å². The van der Waals surface area contributed by atoms with Gasteiger partial charge in [-0.05, 0) is 30.3 Å². The Kier molecular flexibility index (Phi) is 4.33. The summed E-state index contributed by atoms with van der Waals surface area (Å²) in [5.41, 5.74) is 1.04. The van der Waals surface area contributed by atoms with E-state index < -0.39 is 0 Å². The number of ether oxygens (including phenoxy) is 3. The molecule has 0 N–H and O–H groups in total. The van der Waals surface area contributed by atoms with E-state index in [0.717, 1.165) is 0 Å². The second-order valence-electron chi connectivity index (χ2n) is 4.80. The molecule has 7 heteroatoms. The summed E-state index contributed by atoms with van der Waals surface area (Å²) < 4.78 is 35.0. The van der Waals surface area contributed by atoms with Gasteiger partial charge in [0.2, 0.25) is 11.6 Å². The third-order valence-electron chi connectivity index (χ3n) is 3.43. The van der Waals surface area contributed by atoms with E-state index in [2.05, 4.69) is 10.2 Å². The summed E-state index contributed by atoms with van der Waals surface area (Å²) in [5, 5.41) is 7.98. The zero-order chi connectivity index (χ0) is 17.1. The highest BCUT2D eigenvalue weighted by Gasteiger charge is 2.21. The van der Waals surface area contributed by atoms with Crippen LogP contribution < -0.4 is 14.2 Å². The first-order valence-electron chi connectivity index (χ1n) is 7.06. The summed E-state index contributed by atoms with van der Waals surface area (Å²) in [7, 11) is 4.55. The van der Waals surface area contributed by atoms with Crippen molar-refractivity contribution in [1.29, 1.82) is 0 Å². The Morgan fingerprint density at radius 3 is 2.29 bits per heavy atom. The summed E-state index contributed by atoms with van der Waals surface area (Å²) in [6, 6.07) is 9.37. The Morgan fingerprint density at radius 1 is 0.875 bits per heavy atom. The van der Waals surface area contributed by atoms with E-state index >= 15 is 0 Å². The molecule has 0 unspecified atom stereocenters. The molecule has 0 amide bonds. The van der Waals surface area contributed by atoms with Gasteiger partial charge in [-0.2, -0.15) is 0 Å². The van der Waals surface area contributed by atoms with E-state index in [-0.39, 0.29) is 17.6 Å². The van der Waals surface area contributed by atoms with E-state index in [0.29, 0.717) is 28.4 Å². The van der Waals surface area contributed by atoms with Crippen molar-refractivity contribution in [2.24, 2.45) is 0 Å². The molecule has 0 bridgehead atoms. The normalized spacial score (nSPS) is 10.5. The molecule has 1 heterocycles. The van der Waals surface area contributed by atoms with Gasteiger partial charge in [-0.15, -0.1) is 10.2 Å². The molecule has 24 heavy (non-hydrogen) atoms. The van der Waals surface area contributed by atoms with Gasteiger partial charge in [0.25, 0.3) is 5.89 Å². The molecule has 124 valence electrons. The Hall–Kier alpha value is -3.09. The molecule has 3 aromatic rings. The van der Waals surface area contributed by atoms with Gasteiger partial charge in [-0.25, -0.2) is 4.39 Å². The van der Waals surface area contributed by atoms with Crippen molar-refractivity contribution in [1.82, 2.24) is 10.2 Å². The minimum absolute atomic E-state index is 0.210. The van der Waals surface area contributed by atoms with Crippen molar-refractivity contribution in [2.45, 2.75) is 0 Å². The number of methoxy groups -OCH3 is 3. The molecular formula is C17H15FN2O4. The average Bonchev–Trinajstić information content (AvgIpc) is 3.10. The lowest BCUT2D eigenvalue weighted by atomic mass is 10.1. The molecule has 0 aliphatic rings. The first kappa shape index (κ1) is 15.8. The van der Waals surface area contributed by atoms with Crippen LogP contribution in [0.5, 0.6) is 17.2 Å². The number of rotatable bonds is 5. The Bertz CT molecular complexity index is 864. The third-order valence-corrected chi connectivity index (χ3v) is 3.43. The molecule has 0 atom stereocenters. The fourth-order valence-corrected chi connectivity index (χ4v) is 2.34. The highest BCUT2D eigenvalue weighted by atomic mass is 19.1. The first-order valence-corrected chi connectivity index (χ1v) is 7.06. The van der Waals surface area contributed by atoms with Crippen LogP contribution in [0.25, 0.3) is 22.9 Å². The lowest BCUT2D eigenvalue weighted by molar-refractivity contribution is 0.324. The van der Waals surface area contributed by atoms with Crippen LogP contribution in [-0.4, -0.2) is 31.5 Å². The van der Waals surface area contributed by atoms with Gasteiger partial charge in [0, 0.05) is 5.56 Å². The Labute approximate surface area is 137 Å². The molecule has 0 aliphatic heterocycles. The highest BCUT2D eigenvalue weighted by molar-refractivity contribution is 5.71. The predicted octanol–water partition coefficient (Wildman–Crippen LogP) is 3.57. The van der Waals surface area contributed by atoms with Crippen LogP contribution >= 0.6 is 0 Å². The minimum Gasteiger partial charge on any atom is -0.493 e. The van der Waals surface area contributed by atoms with Crippen LogP contribution in [0.15, 0.2) is 40.8 Å². The van der Waals surface area contributed by atoms with E-state index in [1.807, 2.05) is 0 Å². The molecule has 0 saturated heterocycles. The van der Waals surface area contributed by atoms with Gasteiger partial charge < -0.3 is 18.6 Å². The van der Waals surface area contributed by atoms with E-state index in [1.165, 1.54) is 33.5 Å². The van der Waals surface area contributed by atoms with Gasteiger partial charge in [0.05, 0.1) is 26.9 Å². The number of nitrogens with zero attached hydrogens (tertiary/aromatic N) is 2. The predicted molar refractivity (Wildman–Crippen MR) is 84.8 cm³/mol. The minimum atomic E-state index is -0.379. The lowest BCUT2D eigenvalue weighted by Gasteiger charge is -2.13. The third kappa shape index (κ3) is 2.76. The second kappa shape index (κ2) is 6.57. The van der Waals surface area contributed by atoms with Crippen molar-refractivity contribution >= 4 is 0 Å². The molecule has 0 radical (unpaired) electrons. The zero-order valence-corrected chi connectivity index (χ0v) is 13.4. The molecule has 0 fully saturated rings. The summed E-state index contributed by atoms with van der Waals surface area (Å²) in [6.07, 6.45) is 0. The van der Waals surface area contributed by atoms with E-state index in [4.69, 9.17) is 18.6 Å². The summed E-state index contributed by atoms with van der Waals surface area (Å²) in [5.74, 6) is 1.40. The topological polar surface area (TPSA) is 66.6 Å². The number of hydrogen-bond donors (Lipinski definition) is 0. The van der Waals surface area contributed by atoms with Crippen molar-refractivity contribution in [2.75, 3.05) is 21.3 Å². The molecule has 2 aromatic carbocycles. The van der Waals surface area contributed by atoms with Gasteiger partial charge in [-0.3, -0.25) is 0 Å². The first-order chi connectivity index (χ1) is 11.7. The van der Waals surface area contributed by atoms with Gasteiger partial charge in [0.15, 0.2) is 11.5 Å². The lowest BCUT2D eigenvalue weighted by Crippen LogP contribution is -1.97. The van der Waals surface area contributed by atoms with Crippen molar-refractivity contribution in [3.8, 4) is 40.2 Å². The van der Waals surface area contributed by atoms with Crippen LogP contribution in [0, 0.1) is 5.82 Å². The van der Waals surface area contributed by atoms with E-state index in [9.17, 15) is 4.39 Å². The van der Waals surface area contributed by atoms with Crippen LogP contribution in [0.4, 0.5) is 4.39 Å². The van der Waals surface area contributed by atoms with Crippen LogP contribution in [-0.2, 0) is 0 Å². The van der Waals surface area contributed by atoms with Crippen LogP contribution in [0.2, 0.25) is 0 Å². The number of hydrogen-bond acceptors (Lipinski definition) is 6. The van der Waals surface area contributed by atoms with Crippen LogP contribution in [0.1, 0.15) is 0 Å². The molecule has 0 spiro atoms. The smallest absolute Gasteiger partial charge is 0.252 e. The van der Waals surface area contributed by atoms with Crippen molar-refractivity contribution < 1.29 is 23.0 Å². The maximum absolute atomic E-state index is 13.3. The maximum Gasteiger partial charge on any atom is 0.252 e. The molecule has 0 aliphatic carbocycles. The Morgan fingerprint density at radius 2 is 1.62 bits per heavy atom. The standard InChI is InChI=1S/C17H15FN2O4/c1-21-13-8-7-12(14(22-2)15(13)23-3)17-20-19-16(24-17)10-5-4-6-11(18)9-10/h4-9H,1-3H3. The maximum atomic E-state index is 13.3. The van der Waals surface area contributed by atoms with Crippen LogP contribution in [0.3, 0.4) is 0 Å². The highest BCUT2D eigenvalue weighted by Crippen LogP contribution is 2.44. The number of aromatic nitrogens is 2. The molecule has 6 nitrogen and oxygen atoms in total. The monoisotopic (exact) mass is 330 g/mol. The summed E-state index contributed by atoms with van der Waals surface area (Å²) in [4.78, 5) is 0. The molecule has 1 aromatic heterocycles. The largest absolute Gasteiger partial charge is 0.493 e. The molecule has 0 saturated carbocycles. The van der Waals surface area contributed by atoms with E-state index in [1.54, 1.807) is 24.3 Å². The van der Waals surface area contributed by atoms with Gasteiger partial charge in [-0.1, -0.05) is 6.07 Å². The summed E-state index contributed by atoms with van der Waals surface area (Å²) >= 11 is 0. The fourth-order valence-electron chi connectivity index (χ4n) is 2.34. The summed E-state index contributed by atoms with van der Waals surface area (Å²) in [6.45, 7) is 0. The van der Waals surface area contributed by atoms with Gasteiger partial charge >= 0.3 is 0 Å². The average molecular weight is 330 g/mol. The second-order valence-corrected chi connectivity index (χ2v) is 4.80. The zero-order valence-electron chi connectivity index (χ0n) is 13.4.